The van der Waals surface area contributed by atoms with E-state index in [2.05, 4.69) is 26.1 Å². The Hall–Kier alpha value is -2.38. The molecule has 29 heavy (non-hydrogen) atoms. The highest BCUT2D eigenvalue weighted by atomic mass is 79.9. The van der Waals surface area contributed by atoms with Gasteiger partial charge < -0.3 is 9.64 Å². The molecule has 1 spiro atoms. The maximum atomic E-state index is 13.1. The lowest BCUT2D eigenvalue weighted by molar-refractivity contribution is -0.00572. The first-order valence-electron chi connectivity index (χ1n) is 9.38. The number of hydrogen-bond acceptors (Lipinski definition) is 4. The Balaban J connectivity index is 1.35. The van der Waals surface area contributed by atoms with Crippen LogP contribution in [0.2, 0.25) is 5.02 Å². The molecule has 0 aliphatic carbocycles. The number of likely N-dealkylation sites (tertiary alicyclic amines) is 1. The van der Waals surface area contributed by atoms with Gasteiger partial charge in [-0.25, -0.2) is 0 Å². The van der Waals surface area contributed by atoms with Crippen molar-refractivity contribution in [3.63, 3.8) is 0 Å². The lowest BCUT2D eigenvalue weighted by atomic mass is 9.82. The molecule has 5 rings (SSSR count). The number of hydrogen-bond donors (Lipinski definition) is 1. The fourth-order valence-corrected chi connectivity index (χ4v) is 4.97. The van der Waals surface area contributed by atoms with Crippen LogP contribution in [0.3, 0.4) is 0 Å². The Labute approximate surface area is 180 Å². The third kappa shape index (κ3) is 3.13. The van der Waals surface area contributed by atoms with E-state index in [1.807, 2.05) is 17.0 Å². The number of nitrogens with zero attached hydrogens (tertiary/aromatic N) is 2. The lowest BCUT2D eigenvalue weighted by Gasteiger charge is -2.44. The zero-order chi connectivity index (χ0) is 20.2. The van der Waals surface area contributed by atoms with Gasteiger partial charge in [-0.2, -0.15) is 5.10 Å². The van der Waals surface area contributed by atoms with E-state index in [-0.39, 0.29) is 11.7 Å². The number of rotatable bonds is 1. The van der Waals surface area contributed by atoms with Gasteiger partial charge in [-0.05, 0) is 40.2 Å². The van der Waals surface area contributed by atoms with Gasteiger partial charge in [0.1, 0.15) is 11.4 Å². The third-order valence-corrected chi connectivity index (χ3v) is 6.86. The summed E-state index contributed by atoms with van der Waals surface area (Å²) < 4.78 is 6.97. The van der Waals surface area contributed by atoms with Crippen molar-refractivity contribution in [2.24, 2.45) is 0 Å². The Bertz CT molecular complexity index is 1150. The van der Waals surface area contributed by atoms with Crippen molar-refractivity contribution in [3.8, 4) is 5.75 Å². The molecule has 0 saturated carbocycles. The van der Waals surface area contributed by atoms with E-state index in [4.69, 9.17) is 16.3 Å². The summed E-state index contributed by atoms with van der Waals surface area (Å²) >= 11 is 9.54. The number of nitrogens with one attached hydrogen (secondary N) is 1. The molecule has 2 aliphatic rings. The lowest BCUT2D eigenvalue weighted by Crippen LogP contribution is -2.52. The number of carbonyl (C=O) groups excluding carboxylic acids is 2. The number of H-pyrrole nitrogens is 1. The van der Waals surface area contributed by atoms with E-state index in [1.54, 1.807) is 24.4 Å². The van der Waals surface area contributed by atoms with Gasteiger partial charge in [-0.1, -0.05) is 17.7 Å². The van der Waals surface area contributed by atoms with Gasteiger partial charge in [0.05, 0.1) is 33.7 Å². The number of amides is 1. The molecule has 0 bridgehead atoms. The summed E-state index contributed by atoms with van der Waals surface area (Å²) in [4.78, 5) is 27.6. The molecular weight excluding hydrogens is 458 g/mol. The van der Waals surface area contributed by atoms with Crippen molar-refractivity contribution in [1.82, 2.24) is 15.1 Å². The quantitative estimate of drug-likeness (QED) is 0.558. The van der Waals surface area contributed by atoms with E-state index in [0.29, 0.717) is 58.7 Å². The number of halogens is 2. The first-order chi connectivity index (χ1) is 14.0. The summed E-state index contributed by atoms with van der Waals surface area (Å²) in [5.74, 6) is 0.580. The van der Waals surface area contributed by atoms with E-state index in [9.17, 15) is 9.59 Å². The molecule has 6 nitrogen and oxygen atoms in total. The van der Waals surface area contributed by atoms with Crippen molar-refractivity contribution in [2.45, 2.75) is 24.9 Å². The van der Waals surface area contributed by atoms with Gasteiger partial charge in [0, 0.05) is 36.3 Å². The molecule has 0 atom stereocenters. The highest BCUT2D eigenvalue weighted by molar-refractivity contribution is 9.10. The van der Waals surface area contributed by atoms with Crippen LogP contribution >= 0.6 is 27.5 Å². The SMILES string of the molecule is O=C1CC2(CCN(C(=O)c3ccc4cn[nH]c4c3Br)CC2)Oc2ccc(Cl)cc21. The second kappa shape index (κ2) is 6.85. The average Bonchev–Trinajstić information content (AvgIpc) is 3.19. The van der Waals surface area contributed by atoms with Gasteiger partial charge in [0.25, 0.3) is 5.91 Å². The van der Waals surface area contributed by atoms with E-state index >= 15 is 0 Å². The number of carbonyl (C=O) groups is 2. The first kappa shape index (κ1) is 18.6. The van der Waals surface area contributed by atoms with Gasteiger partial charge in [0.15, 0.2) is 5.78 Å². The van der Waals surface area contributed by atoms with Crippen LogP contribution in [0.4, 0.5) is 0 Å². The number of piperidine rings is 1. The standard InChI is InChI=1S/C21H17BrClN3O3/c22-18-14(3-1-12-11-24-25-19(12)18)20(28)26-7-5-21(6-8-26)10-16(27)15-9-13(23)2-4-17(15)29-21/h1-4,9,11H,5-8,10H2,(H,24,25). The zero-order valence-corrected chi connectivity index (χ0v) is 17.7. The second-order valence-electron chi connectivity index (χ2n) is 7.58. The number of ether oxygens (including phenoxy) is 1. The van der Waals surface area contributed by atoms with Crippen LogP contribution in [0.5, 0.6) is 5.75 Å². The van der Waals surface area contributed by atoms with Crippen LogP contribution in [-0.2, 0) is 0 Å². The molecule has 148 valence electrons. The smallest absolute Gasteiger partial charge is 0.255 e. The van der Waals surface area contributed by atoms with Crippen LogP contribution < -0.4 is 4.74 Å². The highest BCUT2D eigenvalue weighted by Gasteiger charge is 2.44. The molecule has 2 aromatic carbocycles. The van der Waals surface area contributed by atoms with Gasteiger partial charge >= 0.3 is 0 Å². The summed E-state index contributed by atoms with van der Waals surface area (Å²) in [5, 5.41) is 8.41. The van der Waals surface area contributed by atoms with Gasteiger partial charge in [0.2, 0.25) is 0 Å². The van der Waals surface area contributed by atoms with Crippen molar-refractivity contribution < 1.29 is 14.3 Å². The third-order valence-electron chi connectivity index (χ3n) is 5.80. The zero-order valence-electron chi connectivity index (χ0n) is 15.4. The average molecular weight is 475 g/mol. The summed E-state index contributed by atoms with van der Waals surface area (Å²) in [7, 11) is 0. The maximum Gasteiger partial charge on any atom is 0.255 e. The number of Topliss-reactive ketones (excluding diaryl/α,β-unsaturated/α-hetero) is 1. The fourth-order valence-electron chi connectivity index (χ4n) is 4.18. The molecule has 3 heterocycles. The molecular formula is C21H17BrClN3O3. The molecule has 1 amide bonds. The first-order valence-corrected chi connectivity index (χ1v) is 10.6. The molecule has 8 heteroatoms. The van der Waals surface area contributed by atoms with E-state index in [0.717, 1.165) is 10.9 Å². The Kier molecular flexibility index (Phi) is 4.40. The predicted octanol–water partition coefficient (Wildman–Crippen LogP) is 4.62. The largest absolute Gasteiger partial charge is 0.486 e. The minimum atomic E-state index is -0.556. The minimum absolute atomic E-state index is 0.0426. The number of ketones is 1. The summed E-state index contributed by atoms with van der Waals surface area (Å²) in [5.41, 5.74) is 1.39. The van der Waals surface area contributed by atoms with E-state index in [1.165, 1.54) is 0 Å². The number of aromatic amines is 1. The molecule has 1 fully saturated rings. The minimum Gasteiger partial charge on any atom is -0.486 e. The van der Waals surface area contributed by atoms with Gasteiger partial charge in [-0.15, -0.1) is 0 Å². The van der Waals surface area contributed by atoms with Crippen molar-refractivity contribution in [1.29, 1.82) is 0 Å². The Morgan fingerprint density at radius 1 is 1.24 bits per heavy atom. The maximum absolute atomic E-state index is 13.1. The van der Waals surface area contributed by atoms with Crippen LogP contribution in [0.1, 0.15) is 40.0 Å². The number of aromatic nitrogens is 2. The van der Waals surface area contributed by atoms with Crippen molar-refractivity contribution in [3.05, 3.63) is 57.2 Å². The monoisotopic (exact) mass is 473 g/mol. The topological polar surface area (TPSA) is 75.3 Å². The molecule has 1 N–H and O–H groups in total. The Morgan fingerprint density at radius 3 is 2.83 bits per heavy atom. The summed E-state index contributed by atoms with van der Waals surface area (Å²) in [6, 6.07) is 8.84. The molecule has 0 radical (unpaired) electrons. The number of fused-ring (bicyclic) bond motifs is 2. The summed E-state index contributed by atoms with van der Waals surface area (Å²) in [6.45, 7) is 1.06. The molecule has 1 aromatic heterocycles. The number of benzene rings is 2. The van der Waals surface area contributed by atoms with Gasteiger partial charge in [-0.3, -0.25) is 14.7 Å². The molecule has 1 saturated heterocycles. The molecule has 3 aromatic rings. The summed E-state index contributed by atoms with van der Waals surface area (Å²) in [6.07, 6.45) is 3.25. The predicted molar refractivity (Wildman–Crippen MR) is 113 cm³/mol. The highest BCUT2D eigenvalue weighted by Crippen LogP contribution is 2.40. The Morgan fingerprint density at radius 2 is 2.03 bits per heavy atom. The molecule has 0 unspecified atom stereocenters. The molecule has 2 aliphatic heterocycles. The van der Waals surface area contributed by atoms with Crippen LogP contribution in [0.15, 0.2) is 41.0 Å². The fraction of sp³-hybridized carbons (Fsp3) is 0.286. The normalized spacial score (nSPS) is 18.0. The van der Waals surface area contributed by atoms with E-state index < -0.39 is 5.60 Å². The van der Waals surface area contributed by atoms with Crippen molar-refractivity contribution >= 4 is 50.1 Å². The van der Waals surface area contributed by atoms with Crippen LogP contribution in [-0.4, -0.2) is 45.5 Å². The van der Waals surface area contributed by atoms with Crippen LogP contribution in [0.25, 0.3) is 10.9 Å². The van der Waals surface area contributed by atoms with Crippen LogP contribution in [0, 0.1) is 0 Å². The second-order valence-corrected chi connectivity index (χ2v) is 8.81. The van der Waals surface area contributed by atoms with Crippen molar-refractivity contribution in [2.75, 3.05) is 13.1 Å².